The van der Waals surface area contributed by atoms with Gasteiger partial charge < -0.3 is 4.79 Å². The van der Waals surface area contributed by atoms with Crippen LogP contribution in [0.15, 0.2) is 18.2 Å². The van der Waals surface area contributed by atoms with Gasteiger partial charge >= 0.3 is 45.2 Å². The van der Waals surface area contributed by atoms with Crippen molar-refractivity contribution in [2.75, 3.05) is 0 Å². The molecule has 0 aromatic heterocycles. The zero-order chi connectivity index (χ0) is 15.6. The standard InChI is InChI=1S/C8H6ClO.4CO.Mn/c1-6(10)7-4-2-3-5-8(7)9;4*1-2;/h2-3,5H,1H3;;;;;/q-1;;;;;. The maximum absolute atomic E-state index is 10.8. The van der Waals surface area contributed by atoms with Gasteiger partial charge in [-0.25, -0.2) is 0 Å². The zero-order valence-corrected chi connectivity index (χ0v) is 11.5. The van der Waals surface area contributed by atoms with Crippen molar-refractivity contribution < 1.29 is 40.5 Å². The molecule has 0 heterocycles. The van der Waals surface area contributed by atoms with E-state index in [-0.39, 0.29) is 22.9 Å². The van der Waals surface area contributed by atoms with E-state index in [1.807, 2.05) is 0 Å². The number of ketones is 1. The molecule has 0 saturated heterocycles. The van der Waals surface area contributed by atoms with Crippen LogP contribution in [0.25, 0.3) is 0 Å². The second kappa shape index (κ2) is 30.1. The van der Waals surface area contributed by atoms with Crippen LogP contribution in [0.4, 0.5) is 0 Å². The molecule has 0 N–H and O–H groups in total. The second-order valence-corrected chi connectivity index (χ2v) is 2.36. The third kappa shape index (κ3) is 19.2. The fourth-order valence-corrected chi connectivity index (χ4v) is 0.946. The fourth-order valence-electron chi connectivity index (χ4n) is 0.686. The van der Waals surface area contributed by atoms with Crippen LogP contribution in [-0.2, 0) is 35.7 Å². The number of Topliss-reactive ketones (excluding diaryl/α,β-unsaturated/α-hetero) is 1. The normalized spacial score (nSPS) is 5.37. The van der Waals surface area contributed by atoms with E-state index in [1.165, 1.54) is 6.92 Å². The summed E-state index contributed by atoms with van der Waals surface area (Å²) in [5.74, 6) is -0.0504. The number of halogens is 1. The number of rotatable bonds is 1. The van der Waals surface area contributed by atoms with Gasteiger partial charge in [-0.3, -0.25) is 0 Å². The molecule has 1 rings (SSSR count). The second-order valence-electron chi connectivity index (χ2n) is 1.95. The monoisotopic (exact) mass is 320 g/mol. The number of hydrogen-bond acceptors (Lipinski definition) is 1. The van der Waals surface area contributed by atoms with Crippen molar-refractivity contribution in [2.45, 2.75) is 6.92 Å². The minimum atomic E-state index is -0.0504. The summed E-state index contributed by atoms with van der Waals surface area (Å²) < 4.78 is 30.0. The molecule has 1 aromatic rings. The van der Waals surface area contributed by atoms with Crippen LogP contribution < -0.4 is 0 Å². The van der Waals surface area contributed by atoms with E-state index in [4.69, 9.17) is 30.2 Å². The molecular formula is C12H6ClMnO5-. The van der Waals surface area contributed by atoms with Crippen LogP contribution in [0, 0.1) is 32.7 Å². The summed E-state index contributed by atoms with van der Waals surface area (Å²) in [7, 11) is 0. The summed E-state index contributed by atoms with van der Waals surface area (Å²) in [6, 6.07) is 7.84. The first-order valence-corrected chi connectivity index (χ1v) is 4.08. The maximum atomic E-state index is 10.8. The summed E-state index contributed by atoms with van der Waals surface area (Å²) in [6.07, 6.45) is 0. The van der Waals surface area contributed by atoms with Crippen LogP contribution in [0.3, 0.4) is 0 Å². The number of carbonyl (C=O) groups excluding carboxylic acids is 1. The average molecular weight is 321 g/mol. The largest absolute Gasteiger partial charge is 0 e. The quantitative estimate of drug-likeness (QED) is 0.337. The Labute approximate surface area is 126 Å². The van der Waals surface area contributed by atoms with Crippen LogP contribution in [0.5, 0.6) is 0 Å². The summed E-state index contributed by atoms with van der Waals surface area (Å²) in [5, 5.41) is 0.468. The Kier molecular flexibility index (Phi) is 48.4. The molecular weight excluding hydrogens is 315 g/mol. The van der Waals surface area contributed by atoms with Crippen molar-refractivity contribution in [3.63, 3.8) is 0 Å². The van der Waals surface area contributed by atoms with E-state index >= 15 is 0 Å². The van der Waals surface area contributed by atoms with Crippen molar-refractivity contribution in [3.05, 3.63) is 61.5 Å². The van der Waals surface area contributed by atoms with E-state index in [2.05, 4.69) is 32.7 Å². The summed E-state index contributed by atoms with van der Waals surface area (Å²) in [6.45, 7) is 19.5. The van der Waals surface area contributed by atoms with E-state index in [1.54, 1.807) is 18.2 Å². The van der Waals surface area contributed by atoms with Gasteiger partial charge in [-0.1, -0.05) is 5.56 Å². The smallest absolute Gasteiger partial charge is 0 e. The van der Waals surface area contributed by atoms with Crippen molar-refractivity contribution in [1.82, 2.24) is 0 Å². The van der Waals surface area contributed by atoms with Gasteiger partial charge in [0, 0.05) is 17.1 Å². The molecule has 99 valence electrons. The molecule has 0 aliphatic rings. The van der Waals surface area contributed by atoms with Crippen LogP contribution >= 0.6 is 11.6 Å². The van der Waals surface area contributed by atoms with Crippen molar-refractivity contribution in [2.24, 2.45) is 0 Å². The third-order valence-electron chi connectivity index (χ3n) is 1.16. The molecule has 0 unspecified atom stereocenters. The molecule has 0 fully saturated rings. The predicted molar refractivity (Wildman–Crippen MR) is 56.0 cm³/mol. The van der Waals surface area contributed by atoms with Crippen LogP contribution in [0.1, 0.15) is 17.3 Å². The Bertz CT molecular complexity index is 385. The Morgan fingerprint density at radius 3 is 1.68 bits per heavy atom. The van der Waals surface area contributed by atoms with Crippen molar-refractivity contribution in [3.8, 4) is 0 Å². The van der Waals surface area contributed by atoms with E-state index in [0.717, 1.165) is 0 Å². The number of benzene rings is 1. The van der Waals surface area contributed by atoms with E-state index in [0.29, 0.717) is 10.6 Å². The van der Waals surface area contributed by atoms with Gasteiger partial charge in [0.15, 0.2) is 0 Å². The van der Waals surface area contributed by atoms with Gasteiger partial charge in [0.2, 0.25) is 0 Å². The zero-order valence-electron chi connectivity index (χ0n) is 9.53. The first kappa shape index (κ1) is 30.6. The minimum Gasteiger partial charge on any atom is 0 e. The Morgan fingerprint density at radius 1 is 1.11 bits per heavy atom. The molecule has 0 spiro atoms. The first-order valence-electron chi connectivity index (χ1n) is 3.70. The molecule has 5 nitrogen and oxygen atoms in total. The number of carbonyl (C=O) groups is 1. The predicted octanol–water partition coefficient (Wildman–Crippen LogP) is 2.19. The van der Waals surface area contributed by atoms with Crippen LogP contribution in [0.2, 0.25) is 5.02 Å². The number of hydrogen-bond donors (Lipinski definition) is 0. The Hall–Kier alpha value is -1.34. The van der Waals surface area contributed by atoms with Gasteiger partial charge in [-0.2, -0.15) is 0 Å². The van der Waals surface area contributed by atoms with Gasteiger partial charge in [-0.15, -0.1) is 35.9 Å². The molecule has 0 saturated carbocycles. The van der Waals surface area contributed by atoms with E-state index < -0.39 is 0 Å². The molecule has 1 radical (unpaired) electrons. The average Bonchev–Trinajstić information content (AvgIpc) is 2.48. The first-order chi connectivity index (χ1) is 8.72. The van der Waals surface area contributed by atoms with Gasteiger partial charge in [0.1, 0.15) is 0 Å². The SMILES string of the molecule is CC(=O)c1[c-]cccc1Cl.[C-]#[O+].[C-]#[O+].[C-]#[O+].[C-]#[O+].[Mn]. The van der Waals surface area contributed by atoms with Crippen molar-refractivity contribution >= 4 is 17.4 Å². The van der Waals surface area contributed by atoms with Crippen LogP contribution in [-0.4, -0.2) is 5.78 Å². The molecule has 0 bridgehead atoms. The molecule has 0 amide bonds. The third-order valence-corrected chi connectivity index (χ3v) is 1.47. The Morgan fingerprint density at radius 2 is 1.47 bits per heavy atom. The fraction of sp³-hybridized carbons (Fsp3) is 0.0833. The summed E-state index contributed by atoms with van der Waals surface area (Å²) >= 11 is 5.67. The maximum Gasteiger partial charge on any atom is 0 e. The molecule has 0 aliphatic heterocycles. The molecule has 0 atom stereocenters. The minimum absolute atomic E-state index is 0. The summed E-state index contributed by atoms with van der Waals surface area (Å²) in [4.78, 5) is 10.8. The van der Waals surface area contributed by atoms with Crippen molar-refractivity contribution in [1.29, 1.82) is 0 Å². The van der Waals surface area contributed by atoms with E-state index in [9.17, 15) is 4.79 Å². The molecule has 1 aromatic carbocycles. The van der Waals surface area contributed by atoms with Gasteiger partial charge in [-0.05, 0) is 11.9 Å². The van der Waals surface area contributed by atoms with Gasteiger partial charge in [0.05, 0.1) is 5.78 Å². The molecule has 7 heteroatoms. The molecule has 0 aliphatic carbocycles. The summed E-state index contributed by atoms with van der Waals surface area (Å²) in [5.41, 5.74) is 0.462. The molecule has 19 heavy (non-hydrogen) atoms. The van der Waals surface area contributed by atoms with Gasteiger partial charge in [0.25, 0.3) is 0 Å². The Balaban J connectivity index is -0.0000000628. The topological polar surface area (TPSA) is 96.7 Å².